The molecule has 1 atom stereocenters. The molecule has 0 bridgehead atoms. The topological polar surface area (TPSA) is 94.1 Å². The van der Waals surface area contributed by atoms with Crippen LogP contribution in [0.4, 0.5) is 4.79 Å². The fraction of sp³-hybridized carbons (Fsp3) is 0.556. The summed E-state index contributed by atoms with van der Waals surface area (Å²) in [5.41, 5.74) is -0.263. The first kappa shape index (κ1) is 20.3. The van der Waals surface area contributed by atoms with Crippen molar-refractivity contribution in [3.05, 3.63) is 35.9 Å². The maximum absolute atomic E-state index is 11.9. The Balaban J connectivity index is 1.90. The average Bonchev–Trinajstić information content (AvgIpc) is 2.78. The summed E-state index contributed by atoms with van der Waals surface area (Å²) in [6.07, 6.45) is -0.795. The molecule has 142 valence electrons. The van der Waals surface area contributed by atoms with E-state index in [1.54, 1.807) is 0 Å². The number of carbonyl (C=O) groups is 2. The van der Waals surface area contributed by atoms with E-state index < -0.39 is 36.2 Å². The van der Waals surface area contributed by atoms with E-state index in [-0.39, 0.29) is 19.6 Å². The molecule has 1 amide bonds. The van der Waals surface area contributed by atoms with Crippen LogP contribution in [0.2, 0.25) is 5.82 Å². The molecule has 0 saturated carbocycles. The summed E-state index contributed by atoms with van der Waals surface area (Å²) in [5.74, 6) is -1.51. The maximum Gasteiger partial charge on any atom is 0.463 e. The summed E-state index contributed by atoms with van der Waals surface area (Å²) in [4.78, 5) is 23.1. The Labute approximate surface area is 154 Å². The number of ether oxygens (including phenoxy) is 1. The molecule has 1 aliphatic heterocycles. The zero-order valence-corrected chi connectivity index (χ0v) is 15.7. The highest BCUT2D eigenvalue weighted by atomic mass is 16.7. The van der Waals surface area contributed by atoms with Crippen LogP contribution in [0.1, 0.15) is 39.7 Å². The largest absolute Gasteiger partial charge is 0.481 e. The molecule has 8 heteroatoms. The van der Waals surface area contributed by atoms with E-state index in [2.05, 4.69) is 5.32 Å². The van der Waals surface area contributed by atoms with Gasteiger partial charge in [0.25, 0.3) is 0 Å². The molecule has 1 saturated heterocycles. The number of carboxylic acids is 1. The molecule has 2 N–H and O–H groups in total. The van der Waals surface area contributed by atoms with E-state index >= 15 is 0 Å². The fourth-order valence-electron chi connectivity index (χ4n) is 2.56. The lowest BCUT2D eigenvalue weighted by molar-refractivity contribution is -0.137. The van der Waals surface area contributed by atoms with Gasteiger partial charge in [-0.25, -0.2) is 4.79 Å². The van der Waals surface area contributed by atoms with Gasteiger partial charge < -0.3 is 24.5 Å². The van der Waals surface area contributed by atoms with Gasteiger partial charge in [0.05, 0.1) is 11.2 Å². The number of hydrogen-bond donors (Lipinski definition) is 2. The summed E-state index contributed by atoms with van der Waals surface area (Å²) in [6.45, 7) is 7.81. The van der Waals surface area contributed by atoms with E-state index in [9.17, 15) is 9.59 Å². The maximum atomic E-state index is 11.9. The van der Waals surface area contributed by atoms with Gasteiger partial charge in [0.15, 0.2) is 0 Å². The predicted molar refractivity (Wildman–Crippen MR) is 96.7 cm³/mol. The number of rotatable bonds is 7. The molecular formula is C18H26BNO6. The molecule has 0 aliphatic carbocycles. The van der Waals surface area contributed by atoms with E-state index in [0.717, 1.165) is 5.56 Å². The standard InChI is InChI=1S/C18H26BNO6/c1-17(2)18(3,4)26-19(25-17)14(10-15(21)22)11-20-16(23)24-12-13-8-6-5-7-9-13/h5-9,14H,10-12H2,1-4H3,(H,20,23)(H,21,22). The third kappa shape index (κ3) is 5.22. The van der Waals surface area contributed by atoms with Gasteiger partial charge in [0, 0.05) is 18.8 Å². The molecule has 7 nitrogen and oxygen atoms in total. The van der Waals surface area contributed by atoms with Gasteiger partial charge in [-0.1, -0.05) is 30.3 Å². The Bertz CT molecular complexity index is 618. The van der Waals surface area contributed by atoms with Crippen molar-refractivity contribution in [1.29, 1.82) is 0 Å². The van der Waals surface area contributed by atoms with Gasteiger partial charge in [-0.3, -0.25) is 4.79 Å². The molecule has 1 aromatic rings. The average molecular weight is 363 g/mol. The van der Waals surface area contributed by atoms with Crippen LogP contribution in [0, 0.1) is 0 Å². The van der Waals surface area contributed by atoms with Gasteiger partial charge in [0.2, 0.25) is 0 Å². The summed E-state index contributed by atoms with van der Waals surface area (Å²) >= 11 is 0. The second kappa shape index (κ2) is 8.10. The molecule has 1 aromatic carbocycles. The molecule has 1 fully saturated rings. The van der Waals surface area contributed by atoms with Crippen molar-refractivity contribution in [3.8, 4) is 0 Å². The minimum atomic E-state index is -0.982. The summed E-state index contributed by atoms with van der Waals surface area (Å²) < 4.78 is 17.0. The first-order valence-corrected chi connectivity index (χ1v) is 8.63. The molecule has 1 heterocycles. The Morgan fingerprint density at radius 1 is 1.15 bits per heavy atom. The summed E-state index contributed by atoms with van der Waals surface area (Å²) in [6, 6.07) is 9.30. The van der Waals surface area contributed by atoms with Crippen molar-refractivity contribution in [3.63, 3.8) is 0 Å². The number of carboxylic acid groups (broad SMARTS) is 1. The number of amides is 1. The van der Waals surface area contributed by atoms with Gasteiger partial charge in [-0.15, -0.1) is 0 Å². The van der Waals surface area contributed by atoms with Crippen LogP contribution in [0.25, 0.3) is 0 Å². The normalized spacial score (nSPS) is 19.0. The van der Waals surface area contributed by atoms with Gasteiger partial charge >= 0.3 is 19.2 Å². The van der Waals surface area contributed by atoms with Crippen molar-refractivity contribution in [1.82, 2.24) is 5.32 Å². The van der Waals surface area contributed by atoms with Gasteiger partial charge in [-0.05, 0) is 33.3 Å². The lowest BCUT2D eigenvalue weighted by Crippen LogP contribution is -2.41. The summed E-state index contributed by atoms with van der Waals surface area (Å²) in [7, 11) is -0.717. The minimum Gasteiger partial charge on any atom is -0.481 e. The van der Waals surface area contributed by atoms with Crippen molar-refractivity contribution in [2.75, 3.05) is 6.54 Å². The van der Waals surface area contributed by atoms with Crippen LogP contribution in [0.15, 0.2) is 30.3 Å². The van der Waals surface area contributed by atoms with Crippen LogP contribution < -0.4 is 5.32 Å². The second-order valence-electron chi connectivity index (χ2n) is 7.43. The van der Waals surface area contributed by atoms with E-state index in [1.165, 1.54) is 0 Å². The third-order valence-electron chi connectivity index (χ3n) is 4.81. The Morgan fingerprint density at radius 3 is 2.27 bits per heavy atom. The molecule has 1 unspecified atom stereocenters. The van der Waals surface area contributed by atoms with Gasteiger partial charge in [-0.2, -0.15) is 0 Å². The Morgan fingerprint density at radius 2 is 1.73 bits per heavy atom. The highest BCUT2D eigenvalue weighted by Gasteiger charge is 2.54. The lowest BCUT2D eigenvalue weighted by atomic mass is 9.70. The molecule has 0 aromatic heterocycles. The van der Waals surface area contributed by atoms with Crippen molar-refractivity contribution < 1.29 is 28.7 Å². The minimum absolute atomic E-state index is 0.0801. The molecule has 26 heavy (non-hydrogen) atoms. The van der Waals surface area contributed by atoms with Gasteiger partial charge in [0.1, 0.15) is 6.61 Å². The summed E-state index contributed by atoms with van der Waals surface area (Å²) in [5, 5.41) is 11.8. The van der Waals surface area contributed by atoms with Crippen LogP contribution in [0.3, 0.4) is 0 Å². The van der Waals surface area contributed by atoms with Crippen LogP contribution in [0.5, 0.6) is 0 Å². The Hall–Kier alpha value is -2.06. The molecule has 0 radical (unpaired) electrons. The van der Waals surface area contributed by atoms with E-state index in [1.807, 2.05) is 58.0 Å². The first-order valence-electron chi connectivity index (χ1n) is 8.63. The molecular weight excluding hydrogens is 337 g/mol. The predicted octanol–water partition coefficient (Wildman–Crippen LogP) is 2.85. The molecule has 1 aliphatic rings. The monoisotopic (exact) mass is 363 g/mol. The SMILES string of the molecule is CC1(C)OB(C(CNC(=O)OCc2ccccc2)CC(=O)O)OC1(C)C. The van der Waals surface area contributed by atoms with Crippen molar-refractivity contribution in [2.45, 2.75) is 57.7 Å². The second-order valence-corrected chi connectivity index (χ2v) is 7.43. The number of nitrogens with one attached hydrogen (secondary N) is 1. The van der Waals surface area contributed by atoms with Crippen LogP contribution in [-0.2, 0) is 25.4 Å². The Kier molecular flexibility index (Phi) is 6.31. The molecule has 2 rings (SSSR count). The van der Waals surface area contributed by atoms with Crippen LogP contribution in [-0.4, -0.2) is 42.0 Å². The third-order valence-corrected chi connectivity index (χ3v) is 4.81. The van der Waals surface area contributed by atoms with Crippen LogP contribution >= 0.6 is 0 Å². The fourth-order valence-corrected chi connectivity index (χ4v) is 2.56. The van der Waals surface area contributed by atoms with E-state index in [0.29, 0.717) is 0 Å². The number of carbonyl (C=O) groups excluding carboxylic acids is 1. The van der Waals surface area contributed by atoms with Crippen molar-refractivity contribution >= 4 is 19.2 Å². The zero-order chi connectivity index (χ0) is 19.4. The number of benzene rings is 1. The lowest BCUT2D eigenvalue weighted by Gasteiger charge is -2.32. The smallest absolute Gasteiger partial charge is 0.463 e. The highest BCUT2D eigenvalue weighted by molar-refractivity contribution is 6.48. The number of hydrogen-bond acceptors (Lipinski definition) is 5. The van der Waals surface area contributed by atoms with Crippen molar-refractivity contribution in [2.24, 2.45) is 0 Å². The number of alkyl carbamates (subject to hydrolysis) is 1. The molecule has 0 spiro atoms. The highest BCUT2D eigenvalue weighted by Crippen LogP contribution is 2.40. The zero-order valence-electron chi connectivity index (χ0n) is 15.7. The van der Waals surface area contributed by atoms with E-state index in [4.69, 9.17) is 19.2 Å². The number of aliphatic carboxylic acids is 1. The quantitative estimate of drug-likeness (QED) is 0.724. The first-order chi connectivity index (χ1) is 12.1.